The predicted molar refractivity (Wildman–Crippen MR) is 99.4 cm³/mol. The van der Waals surface area contributed by atoms with Crippen molar-refractivity contribution in [3.8, 4) is 17.5 Å². The summed E-state index contributed by atoms with van der Waals surface area (Å²) in [7, 11) is 0. The van der Waals surface area contributed by atoms with Crippen LogP contribution in [0.25, 0.3) is 17.0 Å². The van der Waals surface area contributed by atoms with Gasteiger partial charge in [-0.25, -0.2) is 4.39 Å². The molecule has 6 nitrogen and oxygen atoms in total. The van der Waals surface area contributed by atoms with Gasteiger partial charge in [0.05, 0.1) is 23.2 Å². The Hall–Kier alpha value is -3.79. The van der Waals surface area contributed by atoms with E-state index in [2.05, 4.69) is 26.7 Å². The second kappa shape index (κ2) is 6.84. The highest BCUT2D eigenvalue weighted by molar-refractivity contribution is 5.60. The van der Waals surface area contributed by atoms with E-state index in [-0.39, 0.29) is 11.9 Å². The van der Waals surface area contributed by atoms with Crippen LogP contribution in [0.5, 0.6) is 0 Å². The van der Waals surface area contributed by atoms with E-state index >= 15 is 0 Å². The molecule has 4 aromatic rings. The topological polar surface area (TPSA) is 78.9 Å². The third-order valence-corrected chi connectivity index (χ3v) is 4.26. The van der Waals surface area contributed by atoms with Gasteiger partial charge in [-0.15, -0.1) is 15.3 Å². The van der Waals surface area contributed by atoms with E-state index in [1.54, 1.807) is 36.4 Å². The van der Waals surface area contributed by atoms with E-state index in [1.165, 1.54) is 10.6 Å². The summed E-state index contributed by atoms with van der Waals surface area (Å²) in [6, 6.07) is 19.4. The molecule has 0 radical (unpaired) electrons. The summed E-state index contributed by atoms with van der Waals surface area (Å²) >= 11 is 0. The molecule has 7 heteroatoms. The molecule has 4 rings (SSSR count). The highest BCUT2D eigenvalue weighted by atomic mass is 19.1. The van der Waals surface area contributed by atoms with Gasteiger partial charge in [-0.3, -0.25) is 0 Å². The molecule has 2 aromatic heterocycles. The lowest BCUT2D eigenvalue weighted by Gasteiger charge is -2.15. The lowest BCUT2D eigenvalue weighted by Crippen LogP contribution is -2.10. The van der Waals surface area contributed by atoms with Gasteiger partial charge in [0.25, 0.3) is 0 Å². The molecule has 0 aliphatic heterocycles. The molecule has 1 unspecified atom stereocenters. The van der Waals surface area contributed by atoms with Gasteiger partial charge in [-0.2, -0.15) is 9.78 Å². The van der Waals surface area contributed by atoms with Gasteiger partial charge < -0.3 is 5.32 Å². The number of nitrogens with one attached hydrogen (secondary N) is 1. The van der Waals surface area contributed by atoms with Gasteiger partial charge in [0.1, 0.15) is 11.6 Å². The van der Waals surface area contributed by atoms with Crippen LogP contribution in [0.4, 0.5) is 10.2 Å². The zero-order chi connectivity index (χ0) is 18.8. The van der Waals surface area contributed by atoms with E-state index in [0.29, 0.717) is 28.4 Å². The summed E-state index contributed by atoms with van der Waals surface area (Å²) in [6.07, 6.45) is 0. The number of anilines is 1. The number of fused-ring (bicyclic) bond motifs is 1. The SMILES string of the molecule is CC(Nc1ccc2nnc(-c3ccccc3F)n2n1)c1cccc(C#N)c1. The van der Waals surface area contributed by atoms with Gasteiger partial charge >= 0.3 is 0 Å². The van der Waals surface area contributed by atoms with Crippen LogP contribution < -0.4 is 5.32 Å². The Morgan fingerprint density at radius 1 is 1.07 bits per heavy atom. The zero-order valence-corrected chi connectivity index (χ0v) is 14.5. The van der Waals surface area contributed by atoms with Crippen molar-refractivity contribution < 1.29 is 4.39 Å². The van der Waals surface area contributed by atoms with Crippen LogP contribution in [0.15, 0.2) is 60.7 Å². The number of aromatic nitrogens is 4. The Bertz CT molecular complexity index is 1160. The first-order valence-corrected chi connectivity index (χ1v) is 8.39. The Morgan fingerprint density at radius 2 is 1.93 bits per heavy atom. The predicted octanol–water partition coefficient (Wildman–Crippen LogP) is 3.98. The maximum Gasteiger partial charge on any atom is 0.188 e. The summed E-state index contributed by atoms with van der Waals surface area (Å²) in [5, 5.41) is 25.0. The van der Waals surface area contributed by atoms with E-state index in [0.717, 1.165) is 5.56 Å². The van der Waals surface area contributed by atoms with Crippen LogP contribution in [0.3, 0.4) is 0 Å². The summed E-state index contributed by atoms with van der Waals surface area (Å²) < 4.78 is 15.6. The van der Waals surface area contributed by atoms with Gasteiger partial charge in [-0.05, 0) is 48.9 Å². The van der Waals surface area contributed by atoms with Crippen molar-refractivity contribution in [3.05, 3.63) is 77.6 Å². The van der Waals surface area contributed by atoms with Crippen LogP contribution in [0.2, 0.25) is 0 Å². The fraction of sp³-hybridized carbons (Fsp3) is 0.100. The van der Waals surface area contributed by atoms with Crippen LogP contribution in [0.1, 0.15) is 24.1 Å². The average Bonchev–Trinajstić information content (AvgIpc) is 3.11. The van der Waals surface area contributed by atoms with Crippen LogP contribution in [0, 0.1) is 17.1 Å². The number of benzene rings is 2. The second-order valence-electron chi connectivity index (χ2n) is 6.10. The minimum atomic E-state index is -0.381. The van der Waals surface area contributed by atoms with Crippen LogP contribution in [-0.2, 0) is 0 Å². The number of halogens is 1. The van der Waals surface area contributed by atoms with Crippen molar-refractivity contribution in [1.29, 1.82) is 5.26 Å². The molecule has 0 spiro atoms. The third kappa shape index (κ3) is 3.20. The highest BCUT2D eigenvalue weighted by Crippen LogP contribution is 2.23. The largest absolute Gasteiger partial charge is 0.362 e. The molecule has 2 heterocycles. The molecule has 27 heavy (non-hydrogen) atoms. The third-order valence-electron chi connectivity index (χ3n) is 4.26. The van der Waals surface area contributed by atoms with Gasteiger partial charge in [-0.1, -0.05) is 24.3 Å². The molecule has 1 atom stereocenters. The molecule has 0 amide bonds. The number of hydrogen-bond acceptors (Lipinski definition) is 5. The first-order chi connectivity index (χ1) is 13.2. The number of rotatable bonds is 4. The Labute approximate surface area is 154 Å². The van der Waals surface area contributed by atoms with E-state index in [9.17, 15) is 4.39 Å². The standard InChI is InChI=1S/C20H15FN6/c1-13(15-6-4-5-14(11-15)12-22)23-18-9-10-19-24-25-20(27(19)26-18)16-7-2-3-8-17(16)21/h2-11,13H,1H3,(H,23,26). The normalized spacial score (nSPS) is 11.9. The molecule has 0 saturated carbocycles. The minimum absolute atomic E-state index is 0.0726. The molecule has 2 aromatic carbocycles. The second-order valence-corrected chi connectivity index (χ2v) is 6.10. The number of nitrogens with zero attached hydrogens (tertiary/aromatic N) is 5. The average molecular weight is 358 g/mol. The van der Waals surface area contributed by atoms with Crippen LogP contribution >= 0.6 is 0 Å². The summed E-state index contributed by atoms with van der Waals surface area (Å²) in [4.78, 5) is 0. The van der Waals surface area contributed by atoms with Crippen molar-refractivity contribution in [2.75, 3.05) is 5.32 Å². The smallest absolute Gasteiger partial charge is 0.188 e. The molecule has 0 bridgehead atoms. The fourth-order valence-electron chi connectivity index (χ4n) is 2.86. The first-order valence-electron chi connectivity index (χ1n) is 8.39. The van der Waals surface area contributed by atoms with E-state index in [1.807, 2.05) is 25.1 Å². The quantitative estimate of drug-likeness (QED) is 0.597. The molecule has 0 fully saturated rings. The Balaban J connectivity index is 1.68. The monoisotopic (exact) mass is 358 g/mol. The maximum atomic E-state index is 14.1. The molecule has 0 aliphatic carbocycles. The lowest BCUT2D eigenvalue weighted by atomic mass is 10.1. The number of hydrogen-bond donors (Lipinski definition) is 1. The zero-order valence-electron chi connectivity index (χ0n) is 14.5. The van der Waals surface area contributed by atoms with Crippen molar-refractivity contribution in [2.45, 2.75) is 13.0 Å². The van der Waals surface area contributed by atoms with E-state index in [4.69, 9.17) is 5.26 Å². The van der Waals surface area contributed by atoms with E-state index < -0.39 is 0 Å². The van der Waals surface area contributed by atoms with Gasteiger partial charge in [0.2, 0.25) is 0 Å². The van der Waals surface area contributed by atoms with Crippen molar-refractivity contribution >= 4 is 11.5 Å². The van der Waals surface area contributed by atoms with Crippen molar-refractivity contribution in [3.63, 3.8) is 0 Å². The summed E-state index contributed by atoms with van der Waals surface area (Å²) in [5.41, 5.74) is 2.43. The molecular weight excluding hydrogens is 343 g/mol. The minimum Gasteiger partial charge on any atom is -0.362 e. The molecule has 0 saturated heterocycles. The molecule has 132 valence electrons. The Kier molecular flexibility index (Phi) is 4.22. The Morgan fingerprint density at radius 3 is 2.74 bits per heavy atom. The maximum absolute atomic E-state index is 14.1. The van der Waals surface area contributed by atoms with Crippen molar-refractivity contribution in [2.24, 2.45) is 0 Å². The van der Waals surface area contributed by atoms with Crippen LogP contribution in [-0.4, -0.2) is 19.8 Å². The lowest BCUT2D eigenvalue weighted by molar-refractivity contribution is 0.629. The van der Waals surface area contributed by atoms with Crippen molar-refractivity contribution in [1.82, 2.24) is 19.8 Å². The first kappa shape index (κ1) is 16.7. The molecular formula is C20H15FN6. The van der Waals surface area contributed by atoms with Gasteiger partial charge in [0.15, 0.2) is 11.5 Å². The summed E-state index contributed by atoms with van der Waals surface area (Å²) in [5.74, 6) is 0.550. The highest BCUT2D eigenvalue weighted by Gasteiger charge is 2.14. The number of nitriles is 1. The molecule has 1 N–H and O–H groups in total. The summed E-state index contributed by atoms with van der Waals surface area (Å²) in [6.45, 7) is 1.98. The molecule has 0 aliphatic rings. The van der Waals surface area contributed by atoms with Gasteiger partial charge in [0, 0.05) is 0 Å². The fourth-order valence-corrected chi connectivity index (χ4v) is 2.86.